The van der Waals surface area contributed by atoms with E-state index in [0.29, 0.717) is 62.8 Å². The average Bonchev–Trinajstić information content (AvgIpc) is 3.02. The molecular weight excluding hydrogens is 570 g/mol. The van der Waals surface area contributed by atoms with Gasteiger partial charge in [-0.05, 0) is 43.0 Å². The number of fused-ring (bicyclic) bond motifs is 5. The third kappa shape index (κ3) is 5.24. The lowest BCUT2D eigenvalue weighted by Crippen LogP contribution is -2.49. The molecule has 6 rings (SSSR count). The number of hydrogen-bond acceptors (Lipinski definition) is 8. The Morgan fingerprint density at radius 1 is 1.00 bits per heavy atom. The predicted molar refractivity (Wildman–Crippen MR) is 162 cm³/mol. The summed E-state index contributed by atoms with van der Waals surface area (Å²) in [6.07, 6.45) is 4.08. The molecule has 0 atom stereocenters. The van der Waals surface area contributed by atoms with Crippen LogP contribution in [0, 0.1) is 11.6 Å². The molecular formula is C32H32F2N6O4. The van der Waals surface area contributed by atoms with E-state index in [1.54, 1.807) is 23.2 Å². The Kier molecular flexibility index (Phi) is 7.98. The topological polar surface area (TPSA) is 103 Å². The summed E-state index contributed by atoms with van der Waals surface area (Å²) in [5, 5.41) is 0.241. The molecule has 1 aromatic carbocycles. The molecule has 1 saturated heterocycles. The van der Waals surface area contributed by atoms with Gasteiger partial charge in [0.15, 0.2) is 11.5 Å². The number of halogens is 2. The molecule has 44 heavy (non-hydrogen) atoms. The van der Waals surface area contributed by atoms with Crippen molar-refractivity contribution >= 4 is 22.8 Å². The molecule has 1 fully saturated rings. The van der Waals surface area contributed by atoms with E-state index in [1.807, 2.05) is 18.7 Å². The predicted octanol–water partition coefficient (Wildman–Crippen LogP) is 4.63. The number of carbonyl (C=O) groups excluding carboxylic acids is 1. The van der Waals surface area contributed by atoms with Crippen LogP contribution in [0.2, 0.25) is 0 Å². The van der Waals surface area contributed by atoms with Crippen molar-refractivity contribution in [3.8, 4) is 28.4 Å². The van der Waals surface area contributed by atoms with E-state index in [-0.39, 0.29) is 52.3 Å². The van der Waals surface area contributed by atoms with Gasteiger partial charge in [0.05, 0.1) is 29.9 Å². The van der Waals surface area contributed by atoms with Crippen LogP contribution in [-0.4, -0.2) is 69.7 Å². The number of hydrogen-bond donors (Lipinski definition) is 0. The van der Waals surface area contributed by atoms with Gasteiger partial charge in [0, 0.05) is 38.4 Å². The van der Waals surface area contributed by atoms with E-state index < -0.39 is 17.3 Å². The number of ether oxygens (including phenoxy) is 2. The molecule has 228 valence electrons. The fourth-order valence-corrected chi connectivity index (χ4v) is 5.63. The van der Waals surface area contributed by atoms with Gasteiger partial charge in [-0.15, -0.1) is 0 Å². The second kappa shape index (κ2) is 12.0. The number of pyridine rings is 2. The van der Waals surface area contributed by atoms with Crippen molar-refractivity contribution < 1.29 is 23.0 Å². The van der Waals surface area contributed by atoms with Gasteiger partial charge in [0.2, 0.25) is 5.91 Å². The highest BCUT2D eigenvalue weighted by molar-refractivity contribution is 5.91. The highest BCUT2D eigenvalue weighted by Gasteiger charge is 2.29. The molecule has 3 aromatic heterocycles. The van der Waals surface area contributed by atoms with E-state index in [1.165, 1.54) is 28.8 Å². The summed E-state index contributed by atoms with van der Waals surface area (Å²) >= 11 is 0. The number of aromatic nitrogens is 4. The normalized spacial score (nSPS) is 15.3. The Morgan fingerprint density at radius 3 is 2.43 bits per heavy atom. The Bertz CT molecular complexity index is 1820. The Balaban J connectivity index is 1.66. The molecule has 0 unspecified atom stereocenters. The first-order valence-electron chi connectivity index (χ1n) is 14.6. The maximum absolute atomic E-state index is 16.1. The number of piperazine rings is 1. The van der Waals surface area contributed by atoms with E-state index in [2.05, 4.69) is 21.5 Å². The molecule has 0 N–H and O–H groups in total. The van der Waals surface area contributed by atoms with Crippen molar-refractivity contribution in [1.29, 1.82) is 0 Å². The van der Waals surface area contributed by atoms with Crippen molar-refractivity contribution in [2.75, 3.05) is 44.3 Å². The fourth-order valence-electron chi connectivity index (χ4n) is 5.63. The van der Waals surface area contributed by atoms with Gasteiger partial charge in [-0.1, -0.05) is 26.5 Å². The van der Waals surface area contributed by atoms with E-state index >= 15 is 8.78 Å². The average molecular weight is 603 g/mol. The molecule has 0 saturated carbocycles. The minimum Gasteiger partial charge on any atom is -0.493 e. The van der Waals surface area contributed by atoms with Crippen LogP contribution in [0.3, 0.4) is 0 Å². The first-order chi connectivity index (χ1) is 21.3. The minimum absolute atomic E-state index is 0.0620. The smallest absolute Gasteiger partial charge is 0.356 e. The molecule has 4 aromatic rings. The van der Waals surface area contributed by atoms with Crippen LogP contribution >= 0.6 is 0 Å². The number of amides is 1. The minimum atomic E-state index is -0.806. The van der Waals surface area contributed by atoms with Gasteiger partial charge in [-0.25, -0.2) is 23.1 Å². The van der Waals surface area contributed by atoms with Gasteiger partial charge in [-0.2, -0.15) is 4.98 Å². The number of benzene rings is 1. The van der Waals surface area contributed by atoms with Crippen molar-refractivity contribution in [2.24, 2.45) is 0 Å². The van der Waals surface area contributed by atoms with Crippen molar-refractivity contribution in [1.82, 2.24) is 24.4 Å². The van der Waals surface area contributed by atoms with Gasteiger partial charge < -0.3 is 19.3 Å². The first-order valence-corrected chi connectivity index (χ1v) is 14.6. The summed E-state index contributed by atoms with van der Waals surface area (Å²) in [4.78, 5) is 43.4. The zero-order valence-electron chi connectivity index (χ0n) is 24.6. The Labute approximate surface area is 252 Å². The molecule has 0 radical (unpaired) electrons. The maximum atomic E-state index is 16.1. The lowest BCUT2D eigenvalue weighted by atomic mass is 10.1. The Hall–Kier alpha value is -4.87. The summed E-state index contributed by atoms with van der Waals surface area (Å²) in [6.45, 7) is 9.43. The van der Waals surface area contributed by atoms with Gasteiger partial charge in [0.1, 0.15) is 34.5 Å². The van der Waals surface area contributed by atoms with Crippen molar-refractivity contribution in [3.05, 3.63) is 77.0 Å². The maximum Gasteiger partial charge on any atom is 0.356 e. The second-order valence-electron chi connectivity index (χ2n) is 11.0. The molecule has 10 nitrogen and oxygen atoms in total. The van der Waals surface area contributed by atoms with E-state index in [4.69, 9.17) is 9.47 Å². The summed E-state index contributed by atoms with van der Waals surface area (Å²) in [5.74, 6) is -1.08. The standard InChI is InChI=1S/C32H32F2N6O4/c1-4-25(41)38-12-14-39(15-13-38)30-20-18-22(34)28-26-21(33)8-7-9-23(26)43-16-5-6-17-44-24-10-11-35-27(19(2)3)29(24)40(31(20)36-28)32(42)37-30/h4,7-11,18-19H,1,5-6,12-17H2,2-3H3. The van der Waals surface area contributed by atoms with Crippen LogP contribution < -0.4 is 20.1 Å². The van der Waals surface area contributed by atoms with Crippen LogP contribution in [0.25, 0.3) is 28.0 Å². The lowest BCUT2D eigenvalue weighted by molar-refractivity contribution is -0.126. The molecule has 1 amide bonds. The van der Waals surface area contributed by atoms with Crippen LogP contribution in [0.1, 0.15) is 38.3 Å². The summed E-state index contributed by atoms with van der Waals surface area (Å²) in [7, 11) is 0. The number of nitrogens with zero attached hydrogens (tertiary/aromatic N) is 6. The van der Waals surface area contributed by atoms with Crippen LogP contribution in [0.4, 0.5) is 14.6 Å². The van der Waals surface area contributed by atoms with Crippen LogP contribution in [-0.2, 0) is 4.79 Å². The van der Waals surface area contributed by atoms with Crippen LogP contribution in [0.5, 0.6) is 11.5 Å². The molecule has 0 spiro atoms. The molecule has 5 heterocycles. The zero-order chi connectivity index (χ0) is 31.0. The zero-order valence-corrected chi connectivity index (χ0v) is 24.6. The van der Waals surface area contributed by atoms with Crippen molar-refractivity contribution in [3.63, 3.8) is 0 Å². The number of carbonyl (C=O) groups is 1. The molecule has 2 aliphatic heterocycles. The monoisotopic (exact) mass is 602 g/mol. The first kappa shape index (κ1) is 29.2. The SMILES string of the molecule is C=CC(=O)N1CCN(c2nc(=O)n3c4nc(c(F)cc24)-c2c(F)cccc2OCCCCOc2ccnc(C(C)C)c2-3)CC1. The summed E-state index contributed by atoms with van der Waals surface area (Å²) in [5.41, 5.74) is -0.140. The number of anilines is 1. The third-order valence-corrected chi connectivity index (χ3v) is 7.82. The highest BCUT2D eigenvalue weighted by Crippen LogP contribution is 2.38. The van der Waals surface area contributed by atoms with Crippen molar-refractivity contribution in [2.45, 2.75) is 32.6 Å². The second-order valence-corrected chi connectivity index (χ2v) is 11.0. The van der Waals surface area contributed by atoms with E-state index in [0.717, 1.165) is 0 Å². The Morgan fingerprint density at radius 2 is 1.73 bits per heavy atom. The van der Waals surface area contributed by atoms with Crippen LogP contribution in [0.15, 0.2) is 54.0 Å². The molecule has 2 aliphatic rings. The fraction of sp³-hybridized carbons (Fsp3) is 0.344. The largest absolute Gasteiger partial charge is 0.493 e. The molecule has 2 bridgehead atoms. The summed E-state index contributed by atoms with van der Waals surface area (Å²) in [6, 6.07) is 7.17. The number of rotatable bonds is 3. The molecule has 12 heteroatoms. The third-order valence-electron chi connectivity index (χ3n) is 7.82. The van der Waals surface area contributed by atoms with E-state index in [9.17, 15) is 9.59 Å². The highest BCUT2D eigenvalue weighted by atomic mass is 19.1. The van der Waals surface area contributed by atoms with Gasteiger partial charge in [-0.3, -0.25) is 9.78 Å². The van der Waals surface area contributed by atoms with Gasteiger partial charge >= 0.3 is 5.69 Å². The molecule has 0 aliphatic carbocycles. The quantitative estimate of drug-likeness (QED) is 0.313. The lowest BCUT2D eigenvalue weighted by Gasteiger charge is -2.35. The van der Waals surface area contributed by atoms with Gasteiger partial charge in [0.25, 0.3) is 0 Å². The summed E-state index contributed by atoms with van der Waals surface area (Å²) < 4.78 is 44.9.